The van der Waals surface area contributed by atoms with Crippen LogP contribution in [-0.2, 0) is 29.9 Å². The minimum absolute atomic E-state index is 0.0550. The number of hydrogen-bond acceptors (Lipinski definition) is 6. The number of fused-ring (bicyclic) bond motifs is 3. The molecule has 0 radical (unpaired) electrons. The van der Waals surface area contributed by atoms with Crippen LogP contribution in [0.3, 0.4) is 0 Å². The zero-order chi connectivity index (χ0) is 28.7. The van der Waals surface area contributed by atoms with Crippen molar-refractivity contribution < 1.29 is 23.8 Å². The second-order valence-electron chi connectivity index (χ2n) is 11.5. The van der Waals surface area contributed by atoms with E-state index in [2.05, 4.69) is 68.1 Å². The van der Waals surface area contributed by atoms with E-state index in [1.54, 1.807) is 7.11 Å². The molecule has 1 aliphatic heterocycles. The van der Waals surface area contributed by atoms with Crippen LogP contribution in [0.15, 0.2) is 78.9 Å². The van der Waals surface area contributed by atoms with Crippen LogP contribution >= 0.6 is 0 Å². The van der Waals surface area contributed by atoms with Gasteiger partial charge in [-0.3, -0.25) is 0 Å². The van der Waals surface area contributed by atoms with Crippen molar-refractivity contribution in [3.05, 3.63) is 95.6 Å². The average Bonchev–Trinajstić information content (AvgIpc) is 3.40. The number of carbonyl (C=O) groups excluding carboxylic acids is 2. The number of para-hydroxylation sites is 1. The summed E-state index contributed by atoms with van der Waals surface area (Å²) >= 11 is -0.0550. The zero-order valence-electron chi connectivity index (χ0n) is 24.0. The van der Waals surface area contributed by atoms with E-state index in [-0.39, 0.29) is 25.2 Å². The predicted octanol–water partition coefficient (Wildman–Crippen LogP) is 5.72. The van der Waals surface area contributed by atoms with Crippen molar-refractivity contribution in [3.8, 4) is 5.75 Å². The summed E-state index contributed by atoms with van der Waals surface area (Å²) in [5.41, 5.74) is 2.89. The van der Waals surface area contributed by atoms with Gasteiger partial charge in [-0.15, -0.1) is 0 Å². The maximum absolute atomic E-state index is 14.1. The number of ether oxygens (including phenoxy) is 3. The Bertz CT molecular complexity index is 1370. The van der Waals surface area contributed by atoms with Gasteiger partial charge in [-0.25, -0.2) is 0 Å². The summed E-state index contributed by atoms with van der Waals surface area (Å²) in [5, 5.41) is 0. The summed E-state index contributed by atoms with van der Waals surface area (Å²) in [5.74, 6) is -0.457. The van der Waals surface area contributed by atoms with E-state index >= 15 is 0 Å². The van der Waals surface area contributed by atoms with Gasteiger partial charge in [0.2, 0.25) is 0 Å². The molecule has 3 aromatic carbocycles. The fourth-order valence-corrected chi connectivity index (χ4v) is 11.3. The molecule has 1 heterocycles. The van der Waals surface area contributed by atoms with E-state index in [9.17, 15) is 9.59 Å². The van der Waals surface area contributed by atoms with E-state index in [1.807, 2.05) is 36.4 Å². The van der Waals surface area contributed by atoms with Gasteiger partial charge in [0.25, 0.3) is 0 Å². The molecule has 0 amide bonds. The van der Waals surface area contributed by atoms with Crippen molar-refractivity contribution in [1.82, 2.24) is 0 Å². The Kier molecular flexibility index (Phi) is 7.49. The average molecular weight is 607 g/mol. The van der Waals surface area contributed by atoms with Gasteiger partial charge in [-0.1, -0.05) is 0 Å². The van der Waals surface area contributed by atoms with Gasteiger partial charge in [0.1, 0.15) is 0 Å². The molecule has 0 aromatic heterocycles. The minimum atomic E-state index is -1.52. The third-order valence-corrected chi connectivity index (χ3v) is 11.7. The van der Waals surface area contributed by atoms with Crippen molar-refractivity contribution >= 4 is 32.6 Å². The molecule has 0 N–H and O–H groups in total. The summed E-state index contributed by atoms with van der Waals surface area (Å²) in [6, 6.07) is 26.2. The Morgan fingerprint density at radius 3 is 2.05 bits per heavy atom. The summed E-state index contributed by atoms with van der Waals surface area (Å²) in [7, 11) is 4.39. The number of benzene rings is 3. The Hall–Kier alpha value is -3.28. The van der Waals surface area contributed by atoms with Gasteiger partial charge in [0.05, 0.1) is 0 Å². The zero-order valence-corrected chi connectivity index (χ0v) is 25.7. The molecule has 2 aliphatic rings. The molecule has 5 rings (SSSR count). The molecule has 3 aromatic rings. The monoisotopic (exact) mass is 607 g/mol. The Labute approximate surface area is 243 Å². The maximum atomic E-state index is 14.1. The van der Waals surface area contributed by atoms with Crippen molar-refractivity contribution in [1.29, 1.82) is 0 Å². The summed E-state index contributed by atoms with van der Waals surface area (Å²) in [6.07, 6.45) is 0.292. The van der Waals surface area contributed by atoms with Crippen molar-refractivity contribution in [2.45, 2.75) is 54.3 Å². The SMILES string of the molecule is COC(=O)C1(C(=O)OC)C[C@@H](c2ccc(OC)cc2)[C@@]2([Se]C(C)(C)C)c3ccccc3N(Cc3ccccc3)[C@@H]12. The molecule has 1 saturated carbocycles. The van der Waals surface area contributed by atoms with E-state index < -0.39 is 27.7 Å². The second kappa shape index (κ2) is 10.6. The summed E-state index contributed by atoms with van der Waals surface area (Å²) < 4.78 is 15.8. The van der Waals surface area contributed by atoms with Crippen LogP contribution in [0, 0.1) is 5.41 Å². The molecule has 3 atom stereocenters. The fraction of sp³-hybridized carbons (Fsp3) is 0.394. The topological polar surface area (TPSA) is 65.1 Å². The predicted molar refractivity (Wildman–Crippen MR) is 157 cm³/mol. The van der Waals surface area contributed by atoms with E-state index in [4.69, 9.17) is 14.2 Å². The first-order valence-electron chi connectivity index (χ1n) is 13.5. The van der Waals surface area contributed by atoms with Crippen molar-refractivity contribution in [2.24, 2.45) is 5.41 Å². The number of nitrogens with zero attached hydrogens (tertiary/aromatic N) is 1. The van der Waals surface area contributed by atoms with Crippen LogP contribution in [0.1, 0.15) is 49.8 Å². The molecule has 7 heteroatoms. The molecule has 0 spiro atoms. The second-order valence-corrected chi connectivity index (χ2v) is 15.9. The molecular weight excluding hydrogens is 569 g/mol. The third-order valence-electron chi connectivity index (χ3n) is 8.15. The molecule has 1 fully saturated rings. The van der Waals surface area contributed by atoms with Gasteiger partial charge in [-0.2, -0.15) is 0 Å². The first kappa shape index (κ1) is 28.3. The van der Waals surface area contributed by atoms with Crippen LogP contribution in [0.25, 0.3) is 0 Å². The van der Waals surface area contributed by atoms with Crippen molar-refractivity contribution in [3.63, 3.8) is 0 Å². The normalized spacial score (nSPS) is 22.8. The fourth-order valence-electron chi connectivity index (χ4n) is 6.85. The van der Waals surface area contributed by atoms with E-state index in [0.717, 1.165) is 22.6 Å². The number of rotatable bonds is 7. The Balaban J connectivity index is 1.85. The van der Waals surface area contributed by atoms with E-state index in [0.29, 0.717) is 13.0 Å². The molecule has 1 aliphatic carbocycles. The quantitative estimate of drug-likeness (QED) is 0.195. The third kappa shape index (κ3) is 4.40. The molecule has 0 bridgehead atoms. The van der Waals surface area contributed by atoms with Crippen LogP contribution in [0.4, 0.5) is 5.69 Å². The number of esters is 2. The standard InChI is InChI=1S/C33H37NO5Se/c1-31(2,3)40-33-25-14-10-11-15-27(25)34(21-22-12-8-7-9-13-22)28(33)32(29(35)38-5,30(36)39-6)20-26(33)23-16-18-24(37-4)19-17-23/h7-19,26,28H,20-21H2,1-6H3/t26-,28-,33-/m0/s1. The van der Waals surface area contributed by atoms with Gasteiger partial charge < -0.3 is 0 Å². The van der Waals surface area contributed by atoms with Gasteiger partial charge >= 0.3 is 244 Å². The Morgan fingerprint density at radius 2 is 1.48 bits per heavy atom. The molecule has 210 valence electrons. The van der Waals surface area contributed by atoms with Crippen molar-refractivity contribution in [2.75, 3.05) is 26.2 Å². The van der Waals surface area contributed by atoms with Crippen LogP contribution in [0.5, 0.6) is 5.75 Å². The Morgan fingerprint density at radius 1 is 0.875 bits per heavy atom. The molecular formula is C33H37NO5Se. The number of carbonyl (C=O) groups is 2. The summed E-state index contributed by atoms with van der Waals surface area (Å²) in [4.78, 5) is 30.4. The van der Waals surface area contributed by atoms with E-state index in [1.165, 1.54) is 19.8 Å². The van der Waals surface area contributed by atoms with Crippen LogP contribution < -0.4 is 9.64 Å². The van der Waals surface area contributed by atoms with Crippen LogP contribution in [-0.4, -0.2) is 54.3 Å². The van der Waals surface area contributed by atoms with Gasteiger partial charge in [0, 0.05) is 0 Å². The number of methoxy groups -OCH3 is 3. The van der Waals surface area contributed by atoms with Gasteiger partial charge in [0.15, 0.2) is 0 Å². The number of anilines is 1. The first-order chi connectivity index (χ1) is 19.1. The molecule has 6 nitrogen and oxygen atoms in total. The van der Waals surface area contributed by atoms with Crippen LogP contribution in [0.2, 0.25) is 4.31 Å². The molecule has 0 unspecified atom stereocenters. The first-order valence-corrected chi connectivity index (χ1v) is 15.2. The molecule has 40 heavy (non-hydrogen) atoms. The van der Waals surface area contributed by atoms with Gasteiger partial charge in [-0.05, 0) is 0 Å². The number of hydrogen-bond donors (Lipinski definition) is 0. The molecule has 0 saturated heterocycles. The summed E-state index contributed by atoms with van der Waals surface area (Å²) in [6.45, 7) is 7.31.